The Kier molecular flexibility index (Phi) is 6.08. The first-order chi connectivity index (χ1) is 14.0. The average molecular weight is 423 g/mol. The molecule has 0 spiro atoms. The summed E-state index contributed by atoms with van der Waals surface area (Å²) in [6.07, 6.45) is 3.76. The molecule has 0 radical (unpaired) electrons. The van der Waals surface area contributed by atoms with Crippen LogP contribution in [0.1, 0.15) is 43.1 Å². The van der Waals surface area contributed by atoms with E-state index >= 15 is 0 Å². The Labute approximate surface area is 175 Å². The van der Waals surface area contributed by atoms with E-state index in [1.54, 1.807) is 5.38 Å². The van der Waals surface area contributed by atoms with Gasteiger partial charge in [0, 0.05) is 37.6 Å². The van der Waals surface area contributed by atoms with E-state index in [0.29, 0.717) is 25.1 Å². The zero-order valence-corrected chi connectivity index (χ0v) is 17.8. The first-order valence-electron chi connectivity index (χ1n) is 10.5. The van der Waals surface area contributed by atoms with Crippen LogP contribution in [0.4, 0.5) is 5.13 Å². The molecule has 2 N–H and O–H groups in total. The summed E-state index contributed by atoms with van der Waals surface area (Å²) in [5.41, 5.74) is 5.14. The number of hydrogen-bond donors (Lipinski definition) is 1. The predicted molar refractivity (Wildman–Crippen MR) is 110 cm³/mol. The normalized spacial score (nSPS) is 30.6. The average Bonchev–Trinajstić information content (AvgIpc) is 3.24. The summed E-state index contributed by atoms with van der Waals surface area (Å²) in [6.45, 7) is 7.22. The maximum absolute atomic E-state index is 13.2. The molecular formula is C20H30N4O4S. The molecule has 3 aliphatic rings. The van der Waals surface area contributed by atoms with Gasteiger partial charge < -0.3 is 20.1 Å². The number of nitrogens with two attached hydrogens (primary N) is 1. The third kappa shape index (κ3) is 4.00. The van der Waals surface area contributed by atoms with Gasteiger partial charge in [-0.25, -0.2) is 4.98 Å². The number of nitrogens with zero attached hydrogens (tertiary/aromatic N) is 3. The summed E-state index contributed by atoms with van der Waals surface area (Å²) in [4.78, 5) is 33.6. The van der Waals surface area contributed by atoms with Crippen molar-refractivity contribution >= 4 is 28.3 Å². The van der Waals surface area contributed by atoms with Crippen LogP contribution >= 0.6 is 11.3 Å². The Morgan fingerprint density at radius 3 is 2.83 bits per heavy atom. The lowest BCUT2D eigenvalue weighted by Crippen LogP contribution is -2.59. The topological polar surface area (TPSA) is 98.0 Å². The van der Waals surface area contributed by atoms with E-state index < -0.39 is 11.3 Å². The van der Waals surface area contributed by atoms with Gasteiger partial charge in [-0.05, 0) is 38.5 Å². The summed E-state index contributed by atoms with van der Waals surface area (Å²) in [5, 5.41) is 2.45. The van der Waals surface area contributed by atoms with Gasteiger partial charge in [0.2, 0.25) is 0 Å². The molecule has 160 valence electrons. The van der Waals surface area contributed by atoms with Crippen molar-refractivity contribution in [3.63, 3.8) is 0 Å². The molecule has 3 fully saturated rings. The lowest BCUT2D eigenvalue weighted by atomic mass is 9.61. The summed E-state index contributed by atoms with van der Waals surface area (Å²) in [7, 11) is 0. The molecule has 1 amide bonds. The van der Waals surface area contributed by atoms with E-state index in [0.717, 1.165) is 63.7 Å². The number of primary amides is 1. The van der Waals surface area contributed by atoms with Crippen molar-refractivity contribution in [1.29, 1.82) is 0 Å². The summed E-state index contributed by atoms with van der Waals surface area (Å²) < 4.78 is 11.1. The second kappa shape index (κ2) is 8.57. The first kappa shape index (κ1) is 20.6. The van der Waals surface area contributed by atoms with Crippen LogP contribution in [-0.2, 0) is 14.3 Å². The molecule has 4 rings (SSSR count). The summed E-state index contributed by atoms with van der Waals surface area (Å²) in [6, 6.07) is 0.513. The summed E-state index contributed by atoms with van der Waals surface area (Å²) >= 11 is 1.41. The smallest absolute Gasteiger partial charge is 0.314 e. The number of esters is 1. The number of thiazole rings is 1. The minimum Gasteiger partial charge on any atom is -0.466 e. The fraction of sp³-hybridized carbons (Fsp3) is 0.750. The van der Waals surface area contributed by atoms with Crippen molar-refractivity contribution in [2.24, 2.45) is 17.1 Å². The van der Waals surface area contributed by atoms with Crippen LogP contribution in [0.5, 0.6) is 0 Å². The third-order valence-corrected chi connectivity index (χ3v) is 7.64. The second-order valence-electron chi connectivity index (χ2n) is 8.24. The van der Waals surface area contributed by atoms with Gasteiger partial charge in [-0.3, -0.25) is 14.5 Å². The highest BCUT2D eigenvalue weighted by molar-refractivity contribution is 7.13. The molecule has 29 heavy (non-hydrogen) atoms. The van der Waals surface area contributed by atoms with E-state index in [2.05, 4.69) is 14.8 Å². The number of amides is 1. The SMILES string of the molecule is CCOC(=O)[C@@]12CC[C@H](N3CCOCC3)C[C@H]1CCN(c1nc(C(N)=O)cs1)C2. The Morgan fingerprint density at radius 2 is 2.14 bits per heavy atom. The molecular weight excluding hydrogens is 392 g/mol. The monoisotopic (exact) mass is 422 g/mol. The van der Waals surface area contributed by atoms with E-state index in [-0.39, 0.29) is 11.7 Å². The molecule has 8 nitrogen and oxygen atoms in total. The molecule has 0 bridgehead atoms. The lowest BCUT2D eigenvalue weighted by molar-refractivity contribution is -0.164. The predicted octanol–water partition coefficient (Wildman–Crippen LogP) is 1.50. The number of carbonyl (C=O) groups is 2. The Hall–Kier alpha value is -1.71. The molecule has 2 saturated heterocycles. The number of ether oxygens (including phenoxy) is 2. The number of fused-ring (bicyclic) bond motifs is 1. The van der Waals surface area contributed by atoms with Gasteiger partial charge in [-0.15, -0.1) is 11.3 Å². The fourth-order valence-electron chi connectivity index (χ4n) is 5.20. The first-order valence-corrected chi connectivity index (χ1v) is 11.4. The van der Waals surface area contributed by atoms with Crippen LogP contribution < -0.4 is 10.6 Å². The standard InChI is InChI=1S/C20H30N4O4S/c1-2-28-18(26)20-5-3-15(23-7-9-27-10-8-23)11-14(20)4-6-24(13-20)19-22-16(12-29-19)17(21)25/h12,14-15H,2-11,13H2,1H3,(H2,21,25)/t14-,15+,20-/m1/s1. The molecule has 1 aromatic heterocycles. The molecule has 2 aliphatic heterocycles. The number of carbonyl (C=O) groups excluding carboxylic acids is 2. The van der Waals surface area contributed by atoms with E-state index in [1.807, 2.05) is 6.92 Å². The zero-order chi connectivity index (χ0) is 20.4. The molecule has 3 heterocycles. The van der Waals surface area contributed by atoms with Crippen LogP contribution in [0.15, 0.2) is 5.38 Å². The summed E-state index contributed by atoms with van der Waals surface area (Å²) in [5.74, 6) is -0.301. The van der Waals surface area contributed by atoms with Crippen molar-refractivity contribution in [2.75, 3.05) is 50.9 Å². The second-order valence-corrected chi connectivity index (χ2v) is 9.08. The number of rotatable bonds is 5. The van der Waals surface area contributed by atoms with Gasteiger partial charge in [0.1, 0.15) is 5.69 Å². The third-order valence-electron chi connectivity index (χ3n) is 6.74. The van der Waals surface area contributed by atoms with E-state index in [1.165, 1.54) is 11.3 Å². The van der Waals surface area contributed by atoms with Gasteiger partial charge in [0.15, 0.2) is 5.13 Å². The van der Waals surface area contributed by atoms with Gasteiger partial charge in [0.25, 0.3) is 5.91 Å². The maximum Gasteiger partial charge on any atom is 0.314 e. The Morgan fingerprint density at radius 1 is 1.34 bits per heavy atom. The van der Waals surface area contributed by atoms with Crippen molar-refractivity contribution in [3.05, 3.63) is 11.1 Å². The highest BCUT2D eigenvalue weighted by Crippen LogP contribution is 2.49. The Balaban J connectivity index is 1.53. The molecule has 0 aromatic carbocycles. The zero-order valence-electron chi connectivity index (χ0n) is 17.0. The highest BCUT2D eigenvalue weighted by Gasteiger charge is 2.54. The van der Waals surface area contributed by atoms with Gasteiger partial charge >= 0.3 is 5.97 Å². The van der Waals surface area contributed by atoms with Crippen molar-refractivity contribution in [3.8, 4) is 0 Å². The number of anilines is 1. The van der Waals surface area contributed by atoms with E-state index in [9.17, 15) is 9.59 Å². The van der Waals surface area contributed by atoms with Crippen LogP contribution in [-0.4, -0.2) is 73.8 Å². The maximum atomic E-state index is 13.2. The highest BCUT2D eigenvalue weighted by atomic mass is 32.1. The largest absolute Gasteiger partial charge is 0.466 e. The minimum absolute atomic E-state index is 0.0817. The van der Waals surface area contributed by atoms with Crippen LogP contribution in [0.3, 0.4) is 0 Å². The molecule has 1 aromatic rings. The van der Waals surface area contributed by atoms with Crippen LogP contribution in [0.25, 0.3) is 0 Å². The fourth-order valence-corrected chi connectivity index (χ4v) is 6.04. The quantitative estimate of drug-likeness (QED) is 0.718. The molecule has 0 unspecified atom stereocenters. The lowest BCUT2D eigenvalue weighted by Gasteiger charge is -2.52. The minimum atomic E-state index is -0.520. The van der Waals surface area contributed by atoms with Crippen LogP contribution in [0, 0.1) is 11.3 Å². The molecule has 1 aliphatic carbocycles. The number of morpholine rings is 1. The number of hydrogen-bond acceptors (Lipinski definition) is 8. The van der Waals surface area contributed by atoms with Crippen molar-refractivity contribution < 1.29 is 19.1 Å². The van der Waals surface area contributed by atoms with Gasteiger partial charge in [-0.2, -0.15) is 0 Å². The van der Waals surface area contributed by atoms with Crippen molar-refractivity contribution in [1.82, 2.24) is 9.88 Å². The van der Waals surface area contributed by atoms with Gasteiger partial charge in [0.05, 0.1) is 25.2 Å². The van der Waals surface area contributed by atoms with Crippen molar-refractivity contribution in [2.45, 2.75) is 38.6 Å². The molecule has 1 saturated carbocycles. The molecule has 3 atom stereocenters. The number of piperidine rings is 1. The Bertz CT molecular complexity index is 751. The van der Waals surface area contributed by atoms with Gasteiger partial charge in [-0.1, -0.05) is 0 Å². The van der Waals surface area contributed by atoms with Crippen LogP contribution in [0.2, 0.25) is 0 Å². The molecule has 9 heteroatoms. The van der Waals surface area contributed by atoms with E-state index in [4.69, 9.17) is 15.2 Å². The number of aromatic nitrogens is 1.